The van der Waals surface area contributed by atoms with Gasteiger partial charge in [-0.2, -0.15) is 0 Å². The Morgan fingerprint density at radius 3 is 2.67 bits per heavy atom. The summed E-state index contributed by atoms with van der Waals surface area (Å²) in [5, 5.41) is 12.1. The molecular weight excluding hydrogens is 489 g/mol. The Morgan fingerprint density at radius 2 is 2.03 bits per heavy atom. The molecule has 1 aliphatic rings. The first-order valence-electron chi connectivity index (χ1n) is 10.7. The monoisotopic (exact) mass is 525 g/mol. The molecule has 1 N–H and O–H groups in total. The first kappa shape index (κ1) is 24.6. The lowest BCUT2D eigenvalue weighted by atomic mass is 10.1. The van der Waals surface area contributed by atoms with Crippen LogP contribution in [0.5, 0.6) is 0 Å². The third-order valence-electron chi connectivity index (χ3n) is 5.95. The minimum absolute atomic E-state index is 0. The molecule has 1 aliphatic heterocycles. The SMILES string of the molecule is CCN1CCCC1CN(C)C(=NCc1nnc(C)n1C)NC(C)c1ccccc1.I. The number of halogens is 1. The minimum Gasteiger partial charge on any atom is -0.350 e. The predicted molar refractivity (Wildman–Crippen MR) is 133 cm³/mol. The van der Waals surface area contributed by atoms with Gasteiger partial charge in [0.1, 0.15) is 12.4 Å². The second kappa shape index (κ2) is 11.6. The highest BCUT2D eigenvalue weighted by molar-refractivity contribution is 14.0. The summed E-state index contributed by atoms with van der Waals surface area (Å²) in [6.07, 6.45) is 2.53. The number of nitrogens with zero attached hydrogens (tertiary/aromatic N) is 6. The maximum Gasteiger partial charge on any atom is 0.194 e. The van der Waals surface area contributed by atoms with Crippen molar-refractivity contribution in [3.05, 3.63) is 47.5 Å². The molecule has 0 amide bonds. The molecule has 2 atom stereocenters. The molecule has 0 spiro atoms. The van der Waals surface area contributed by atoms with Gasteiger partial charge in [0.2, 0.25) is 0 Å². The zero-order valence-corrected chi connectivity index (χ0v) is 21.2. The van der Waals surface area contributed by atoms with Crippen molar-refractivity contribution in [2.75, 3.05) is 26.7 Å². The van der Waals surface area contributed by atoms with Crippen LogP contribution < -0.4 is 5.32 Å². The van der Waals surface area contributed by atoms with E-state index in [4.69, 9.17) is 4.99 Å². The van der Waals surface area contributed by atoms with Gasteiger partial charge in [-0.25, -0.2) is 4.99 Å². The summed E-state index contributed by atoms with van der Waals surface area (Å²) in [5.41, 5.74) is 1.25. The maximum atomic E-state index is 4.92. The van der Waals surface area contributed by atoms with E-state index in [1.807, 2.05) is 24.6 Å². The maximum absolute atomic E-state index is 4.92. The quantitative estimate of drug-likeness (QED) is 0.341. The molecule has 2 unspecified atom stereocenters. The Hall–Kier alpha value is -1.68. The molecule has 2 aromatic rings. The summed E-state index contributed by atoms with van der Waals surface area (Å²) in [4.78, 5) is 9.75. The molecule has 1 aromatic carbocycles. The molecule has 166 valence electrons. The van der Waals surface area contributed by atoms with Crippen molar-refractivity contribution in [1.82, 2.24) is 29.9 Å². The normalized spacial score (nSPS) is 18.2. The number of guanidine groups is 1. The van der Waals surface area contributed by atoms with Crippen molar-refractivity contribution in [3.63, 3.8) is 0 Å². The fraction of sp³-hybridized carbons (Fsp3) is 0.591. The van der Waals surface area contributed by atoms with Crippen LogP contribution in [0.2, 0.25) is 0 Å². The molecule has 1 saturated heterocycles. The highest BCUT2D eigenvalue weighted by Crippen LogP contribution is 2.18. The van der Waals surface area contributed by atoms with Crippen molar-refractivity contribution in [1.29, 1.82) is 0 Å². The van der Waals surface area contributed by atoms with Crippen molar-refractivity contribution < 1.29 is 0 Å². The highest BCUT2D eigenvalue weighted by Gasteiger charge is 2.25. The van der Waals surface area contributed by atoms with Crippen LogP contribution in [0, 0.1) is 6.92 Å². The molecule has 0 radical (unpaired) electrons. The van der Waals surface area contributed by atoms with Gasteiger partial charge in [-0.3, -0.25) is 4.90 Å². The Labute approximate surface area is 198 Å². The van der Waals surface area contributed by atoms with Gasteiger partial charge >= 0.3 is 0 Å². The molecule has 7 nitrogen and oxygen atoms in total. The standard InChI is InChI=1S/C22H35N7.HI/c1-6-29-14-10-13-20(29)16-27(4)22(23-15-21-26-25-18(3)28(21)5)24-17(2)19-11-8-7-9-12-19;/h7-9,11-12,17,20H,6,10,13-16H2,1-5H3,(H,23,24);1H. The summed E-state index contributed by atoms with van der Waals surface area (Å²) >= 11 is 0. The van der Waals surface area contributed by atoms with Gasteiger partial charge in [-0.05, 0) is 45.3 Å². The summed E-state index contributed by atoms with van der Waals surface area (Å²) < 4.78 is 2.00. The van der Waals surface area contributed by atoms with Gasteiger partial charge in [0.25, 0.3) is 0 Å². The van der Waals surface area contributed by atoms with Crippen molar-refractivity contribution >= 4 is 29.9 Å². The van der Waals surface area contributed by atoms with Crippen LogP contribution in [-0.4, -0.2) is 63.2 Å². The summed E-state index contributed by atoms with van der Waals surface area (Å²) in [5.74, 6) is 2.68. The molecule has 2 heterocycles. The number of aryl methyl sites for hydroxylation is 1. The smallest absolute Gasteiger partial charge is 0.194 e. The van der Waals surface area contributed by atoms with E-state index in [1.165, 1.54) is 24.9 Å². The number of rotatable bonds is 7. The van der Waals surface area contributed by atoms with E-state index < -0.39 is 0 Å². The second-order valence-electron chi connectivity index (χ2n) is 7.94. The first-order chi connectivity index (χ1) is 14.0. The highest BCUT2D eigenvalue weighted by atomic mass is 127. The molecule has 1 fully saturated rings. The number of hydrogen-bond acceptors (Lipinski definition) is 4. The van der Waals surface area contributed by atoms with Crippen LogP contribution in [-0.2, 0) is 13.6 Å². The Kier molecular flexibility index (Phi) is 9.54. The first-order valence-corrected chi connectivity index (χ1v) is 10.7. The van der Waals surface area contributed by atoms with E-state index >= 15 is 0 Å². The van der Waals surface area contributed by atoms with Gasteiger partial charge in [-0.1, -0.05) is 37.3 Å². The van der Waals surface area contributed by atoms with Crippen LogP contribution in [0.3, 0.4) is 0 Å². The number of benzene rings is 1. The van der Waals surface area contributed by atoms with Crippen molar-refractivity contribution in [2.24, 2.45) is 12.0 Å². The number of aromatic nitrogens is 3. The lowest BCUT2D eigenvalue weighted by molar-refractivity contribution is 0.232. The van der Waals surface area contributed by atoms with Gasteiger partial charge in [0, 0.05) is 26.7 Å². The van der Waals surface area contributed by atoms with Crippen LogP contribution in [0.25, 0.3) is 0 Å². The van der Waals surface area contributed by atoms with Gasteiger partial charge in [0.15, 0.2) is 11.8 Å². The number of likely N-dealkylation sites (N-methyl/N-ethyl adjacent to an activating group) is 2. The lowest BCUT2D eigenvalue weighted by Gasteiger charge is -2.31. The summed E-state index contributed by atoms with van der Waals surface area (Å²) in [6, 6.07) is 11.3. The van der Waals surface area contributed by atoms with E-state index in [2.05, 4.69) is 70.5 Å². The number of nitrogens with one attached hydrogen (secondary N) is 1. The fourth-order valence-corrected chi connectivity index (χ4v) is 3.95. The van der Waals surface area contributed by atoms with Crippen molar-refractivity contribution in [3.8, 4) is 0 Å². The van der Waals surface area contributed by atoms with Gasteiger partial charge in [-0.15, -0.1) is 34.2 Å². The topological polar surface area (TPSA) is 61.6 Å². The Balaban J connectivity index is 0.00000320. The van der Waals surface area contributed by atoms with Crippen molar-refractivity contribution in [2.45, 2.75) is 52.2 Å². The molecule has 0 bridgehead atoms. The summed E-state index contributed by atoms with van der Waals surface area (Å²) in [6.45, 7) is 10.2. The second-order valence-corrected chi connectivity index (χ2v) is 7.94. The third-order valence-corrected chi connectivity index (χ3v) is 5.95. The van der Waals surface area contributed by atoms with Crippen LogP contribution in [0.15, 0.2) is 35.3 Å². The molecule has 0 aliphatic carbocycles. The fourth-order valence-electron chi connectivity index (χ4n) is 3.95. The molecule has 1 aromatic heterocycles. The van der Waals surface area contributed by atoms with E-state index in [-0.39, 0.29) is 30.0 Å². The predicted octanol–water partition coefficient (Wildman–Crippen LogP) is 3.36. The summed E-state index contributed by atoms with van der Waals surface area (Å²) in [7, 11) is 4.12. The van der Waals surface area contributed by atoms with Crippen LogP contribution >= 0.6 is 24.0 Å². The third kappa shape index (κ3) is 6.16. The molecular formula is C22H36IN7. The molecule has 30 heavy (non-hydrogen) atoms. The minimum atomic E-state index is 0. The van der Waals surface area contributed by atoms with Crippen LogP contribution in [0.1, 0.15) is 49.9 Å². The van der Waals surface area contributed by atoms with Crippen LogP contribution in [0.4, 0.5) is 0 Å². The van der Waals surface area contributed by atoms with E-state index in [0.717, 1.165) is 30.7 Å². The number of aliphatic imine (C=N–C) groups is 1. The molecule has 3 rings (SSSR count). The molecule has 0 saturated carbocycles. The van der Waals surface area contributed by atoms with Gasteiger partial charge in [0.05, 0.1) is 6.04 Å². The van der Waals surface area contributed by atoms with E-state index in [9.17, 15) is 0 Å². The zero-order valence-electron chi connectivity index (χ0n) is 18.9. The Morgan fingerprint density at radius 1 is 1.30 bits per heavy atom. The van der Waals surface area contributed by atoms with E-state index in [1.54, 1.807) is 0 Å². The van der Waals surface area contributed by atoms with Gasteiger partial charge < -0.3 is 14.8 Å². The molecule has 8 heteroatoms. The number of hydrogen-bond donors (Lipinski definition) is 1. The average molecular weight is 525 g/mol. The number of likely N-dealkylation sites (tertiary alicyclic amines) is 1. The largest absolute Gasteiger partial charge is 0.350 e. The Bertz CT molecular complexity index is 805. The van der Waals surface area contributed by atoms with E-state index in [0.29, 0.717) is 12.6 Å². The zero-order chi connectivity index (χ0) is 20.8. The lowest BCUT2D eigenvalue weighted by Crippen LogP contribution is -2.46. The average Bonchev–Trinajstić information content (AvgIpc) is 3.32.